The van der Waals surface area contributed by atoms with E-state index in [0.29, 0.717) is 11.7 Å². The molecule has 0 aliphatic heterocycles. The Morgan fingerprint density at radius 1 is 1.35 bits per heavy atom. The summed E-state index contributed by atoms with van der Waals surface area (Å²) in [6.45, 7) is 10.1. The maximum Gasteiger partial charge on any atom is 0.0665 e. The van der Waals surface area contributed by atoms with Crippen LogP contribution in [0.5, 0.6) is 0 Å². The zero-order valence-corrected chi connectivity index (χ0v) is 12.1. The van der Waals surface area contributed by atoms with Crippen molar-refractivity contribution in [3.8, 4) is 0 Å². The number of nitrogen functional groups attached to an aromatic ring is 1. The Morgan fingerprint density at radius 2 is 1.94 bits per heavy atom. The van der Waals surface area contributed by atoms with E-state index < -0.39 is 10.8 Å². The van der Waals surface area contributed by atoms with E-state index in [4.69, 9.17) is 5.73 Å². The minimum atomic E-state index is -0.889. The van der Waals surface area contributed by atoms with Gasteiger partial charge in [0.05, 0.1) is 11.4 Å². The van der Waals surface area contributed by atoms with Crippen molar-refractivity contribution >= 4 is 16.5 Å². The second kappa shape index (κ2) is 5.63. The van der Waals surface area contributed by atoms with Gasteiger partial charge in [-0.25, -0.2) is 0 Å². The minimum Gasteiger partial charge on any atom is -0.398 e. The van der Waals surface area contributed by atoms with Crippen molar-refractivity contribution in [3.05, 3.63) is 23.0 Å². The summed E-state index contributed by atoms with van der Waals surface area (Å²) in [6.07, 6.45) is 1.76. The first-order valence-corrected chi connectivity index (χ1v) is 7.30. The largest absolute Gasteiger partial charge is 0.398 e. The number of anilines is 1. The van der Waals surface area contributed by atoms with Crippen molar-refractivity contribution in [1.29, 1.82) is 0 Å². The van der Waals surface area contributed by atoms with Gasteiger partial charge >= 0.3 is 0 Å². The summed E-state index contributed by atoms with van der Waals surface area (Å²) < 4.78 is 12.1. The molecule has 4 heteroatoms. The Labute approximate surface area is 106 Å². The van der Waals surface area contributed by atoms with Gasteiger partial charge in [0.15, 0.2) is 0 Å². The summed E-state index contributed by atoms with van der Waals surface area (Å²) in [4.78, 5) is 4.35. The summed E-state index contributed by atoms with van der Waals surface area (Å²) in [5, 5.41) is 0.179. The average molecular weight is 254 g/mol. The number of rotatable bonds is 4. The lowest BCUT2D eigenvalue weighted by Crippen LogP contribution is -2.20. The van der Waals surface area contributed by atoms with E-state index in [1.807, 2.05) is 20.8 Å². The molecular formula is C13H22N2OS. The molecule has 96 valence electrons. The van der Waals surface area contributed by atoms with Gasteiger partial charge in [0.25, 0.3) is 0 Å². The van der Waals surface area contributed by atoms with Crippen LogP contribution in [0.2, 0.25) is 0 Å². The molecule has 0 amide bonds. The fourth-order valence-corrected chi connectivity index (χ4v) is 2.94. The molecule has 17 heavy (non-hydrogen) atoms. The fraction of sp³-hybridized carbons (Fsp3) is 0.615. The third-order valence-corrected chi connectivity index (χ3v) is 5.24. The van der Waals surface area contributed by atoms with Gasteiger partial charge in [-0.1, -0.05) is 20.8 Å². The zero-order valence-electron chi connectivity index (χ0n) is 11.3. The molecular weight excluding hydrogens is 232 g/mol. The molecule has 0 aliphatic rings. The molecule has 0 spiro atoms. The lowest BCUT2D eigenvalue weighted by Gasteiger charge is -2.16. The number of aromatic nitrogens is 1. The molecule has 0 saturated carbocycles. The molecule has 1 rings (SSSR count). The maximum atomic E-state index is 12.1. The topological polar surface area (TPSA) is 56.0 Å². The Balaban J connectivity index is 2.90. The van der Waals surface area contributed by atoms with Crippen LogP contribution in [0.4, 0.5) is 5.69 Å². The monoisotopic (exact) mass is 254 g/mol. The molecule has 0 aliphatic carbocycles. The normalized spacial score (nSPS) is 14.9. The summed E-state index contributed by atoms with van der Waals surface area (Å²) in [5.41, 5.74) is 9.53. The number of hydrogen-bond donors (Lipinski definition) is 1. The molecule has 1 aromatic heterocycles. The lowest BCUT2D eigenvalue weighted by molar-refractivity contribution is 0.604. The highest BCUT2D eigenvalue weighted by atomic mass is 32.2. The van der Waals surface area contributed by atoms with Crippen LogP contribution in [0.1, 0.15) is 37.6 Å². The Kier molecular flexibility index (Phi) is 4.69. The van der Waals surface area contributed by atoms with Gasteiger partial charge in [0.2, 0.25) is 0 Å². The van der Waals surface area contributed by atoms with Crippen LogP contribution in [-0.2, 0) is 16.6 Å². The fourth-order valence-electron chi connectivity index (χ4n) is 1.51. The van der Waals surface area contributed by atoms with Gasteiger partial charge in [-0.05, 0) is 30.9 Å². The molecule has 0 bridgehead atoms. The Bertz CT molecular complexity index is 430. The van der Waals surface area contributed by atoms with E-state index in [0.717, 1.165) is 22.5 Å². The second-order valence-electron chi connectivity index (χ2n) is 4.90. The van der Waals surface area contributed by atoms with Gasteiger partial charge < -0.3 is 5.73 Å². The molecule has 0 saturated heterocycles. The van der Waals surface area contributed by atoms with Crippen molar-refractivity contribution in [2.45, 2.75) is 45.6 Å². The third kappa shape index (κ3) is 3.28. The highest BCUT2D eigenvalue weighted by molar-refractivity contribution is 7.84. The minimum absolute atomic E-state index is 0.179. The van der Waals surface area contributed by atoms with E-state index in [-0.39, 0.29) is 5.25 Å². The van der Waals surface area contributed by atoms with Gasteiger partial charge in [-0.15, -0.1) is 0 Å². The lowest BCUT2D eigenvalue weighted by atomic mass is 10.1. The third-order valence-electron chi connectivity index (χ3n) is 3.31. The molecule has 2 unspecified atom stereocenters. The van der Waals surface area contributed by atoms with Gasteiger partial charge in [-0.2, -0.15) is 0 Å². The standard InChI is InChI=1S/C13H22N2OS/c1-8(2)11(5)17(16)7-12-10(4)13(14)9(3)6-15-12/h6,8,11H,7H2,1-5H3,(H2,14,15). The quantitative estimate of drug-likeness (QED) is 0.898. The number of pyridine rings is 1. The number of hydrogen-bond acceptors (Lipinski definition) is 3. The second-order valence-corrected chi connectivity index (χ2v) is 6.69. The highest BCUT2D eigenvalue weighted by Crippen LogP contribution is 2.20. The molecule has 3 nitrogen and oxygen atoms in total. The van der Waals surface area contributed by atoms with Crippen LogP contribution in [0.25, 0.3) is 0 Å². The van der Waals surface area contributed by atoms with Gasteiger partial charge in [-0.3, -0.25) is 9.19 Å². The van der Waals surface area contributed by atoms with E-state index in [1.165, 1.54) is 0 Å². The van der Waals surface area contributed by atoms with Crippen LogP contribution in [0.3, 0.4) is 0 Å². The van der Waals surface area contributed by atoms with Crippen molar-refractivity contribution in [3.63, 3.8) is 0 Å². The first-order chi connectivity index (χ1) is 7.84. The van der Waals surface area contributed by atoms with Crippen molar-refractivity contribution in [2.24, 2.45) is 5.92 Å². The van der Waals surface area contributed by atoms with E-state index >= 15 is 0 Å². The molecule has 2 atom stereocenters. The number of nitrogens with two attached hydrogens (primary N) is 1. The summed E-state index contributed by atoms with van der Waals surface area (Å²) in [5.74, 6) is 0.911. The summed E-state index contributed by atoms with van der Waals surface area (Å²) in [6, 6.07) is 0. The SMILES string of the molecule is Cc1cnc(CS(=O)C(C)C(C)C)c(C)c1N. The molecule has 0 aromatic carbocycles. The van der Waals surface area contributed by atoms with Crippen LogP contribution in [0, 0.1) is 19.8 Å². The number of aryl methyl sites for hydroxylation is 1. The summed E-state index contributed by atoms with van der Waals surface area (Å²) >= 11 is 0. The molecule has 1 heterocycles. The van der Waals surface area contributed by atoms with Crippen LogP contribution >= 0.6 is 0 Å². The van der Waals surface area contributed by atoms with Gasteiger partial charge in [0.1, 0.15) is 0 Å². The van der Waals surface area contributed by atoms with E-state index in [2.05, 4.69) is 18.8 Å². The van der Waals surface area contributed by atoms with Crippen molar-refractivity contribution in [2.75, 3.05) is 5.73 Å². The first kappa shape index (κ1) is 14.2. The smallest absolute Gasteiger partial charge is 0.0665 e. The van der Waals surface area contributed by atoms with E-state index in [9.17, 15) is 4.21 Å². The maximum absolute atomic E-state index is 12.1. The van der Waals surface area contributed by atoms with E-state index in [1.54, 1.807) is 6.20 Å². The molecule has 0 radical (unpaired) electrons. The Hall–Kier alpha value is -0.900. The summed E-state index contributed by atoms with van der Waals surface area (Å²) in [7, 11) is -0.889. The van der Waals surface area contributed by atoms with Crippen molar-refractivity contribution < 1.29 is 4.21 Å². The molecule has 1 aromatic rings. The molecule has 2 N–H and O–H groups in total. The first-order valence-electron chi connectivity index (χ1n) is 5.92. The molecule has 0 fully saturated rings. The number of nitrogens with zero attached hydrogens (tertiary/aromatic N) is 1. The predicted octanol–water partition coefficient (Wildman–Crippen LogP) is 2.57. The Morgan fingerprint density at radius 3 is 2.47 bits per heavy atom. The van der Waals surface area contributed by atoms with Crippen molar-refractivity contribution in [1.82, 2.24) is 4.98 Å². The predicted molar refractivity (Wildman–Crippen MR) is 74.3 cm³/mol. The highest BCUT2D eigenvalue weighted by Gasteiger charge is 2.17. The van der Waals surface area contributed by atoms with Crippen LogP contribution in [-0.4, -0.2) is 14.4 Å². The van der Waals surface area contributed by atoms with Crippen LogP contribution < -0.4 is 5.73 Å². The average Bonchev–Trinajstić information content (AvgIpc) is 2.28. The van der Waals surface area contributed by atoms with Gasteiger partial charge in [0, 0.05) is 27.9 Å². The van der Waals surface area contributed by atoms with Crippen LogP contribution in [0.15, 0.2) is 6.20 Å². The zero-order chi connectivity index (χ0) is 13.2.